The van der Waals surface area contributed by atoms with Gasteiger partial charge in [-0.05, 0) is 31.0 Å². The number of rotatable bonds is 2. The topological polar surface area (TPSA) is 42.1 Å². The van der Waals surface area contributed by atoms with Crippen LogP contribution >= 0.6 is 0 Å². The molecule has 70 valence electrons. The van der Waals surface area contributed by atoms with E-state index in [2.05, 4.69) is 16.0 Å². The van der Waals surface area contributed by atoms with E-state index in [-0.39, 0.29) is 0 Å². The highest BCUT2D eigenvalue weighted by Crippen LogP contribution is 2.20. The summed E-state index contributed by atoms with van der Waals surface area (Å²) in [6.45, 7) is 2.95. The van der Waals surface area contributed by atoms with Crippen LogP contribution in [-0.2, 0) is 0 Å². The molecule has 0 amide bonds. The van der Waals surface area contributed by atoms with Gasteiger partial charge in [-0.25, -0.2) is 4.98 Å². The third-order valence-electron chi connectivity index (χ3n) is 2.59. The Bertz CT molecular complexity index is 260. The van der Waals surface area contributed by atoms with E-state index in [4.69, 9.17) is 5.73 Å². The standard InChI is InChI=1S/C10H15N3/c11-7-9-4-6-13(8-9)10-3-1-2-5-12-10/h1-3,5,9H,4,6-8,11H2/t9-/m1/s1. The van der Waals surface area contributed by atoms with Crippen LogP contribution < -0.4 is 10.6 Å². The van der Waals surface area contributed by atoms with Crippen molar-refractivity contribution in [2.45, 2.75) is 6.42 Å². The summed E-state index contributed by atoms with van der Waals surface area (Å²) in [4.78, 5) is 6.62. The summed E-state index contributed by atoms with van der Waals surface area (Å²) in [5.41, 5.74) is 5.63. The number of anilines is 1. The van der Waals surface area contributed by atoms with Crippen molar-refractivity contribution < 1.29 is 0 Å². The lowest BCUT2D eigenvalue weighted by Gasteiger charge is -2.16. The molecule has 1 aliphatic rings. The summed E-state index contributed by atoms with van der Waals surface area (Å²) in [6, 6.07) is 6.02. The van der Waals surface area contributed by atoms with Crippen molar-refractivity contribution in [3.05, 3.63) is 24.4 Å². The number of nitrogens with zero attached hydrogens (tertiary/aromatic N) is 2. The minimum Gasteiger partial charge on any atom is -0.356 e. The summed E-state index contributed by atoms with van der Waals surface area (Å²) >= 11 is 0. The lowest BCUT2D eigenvalue weighted by molar-refractivity contribution is 0.602. The molecular weight excluding hydrogens is 162 g/mol. The van der Waals surface area contributed by atoms with E-state index in [1.165, 1.54) is 6.42 Å². The zero-order chi connectivity index (χ0) is 9.10. The molecule has 1 aliphatic heterocycles. The molecule has 0 aliphatic carbocycles. The molecule has 1 atom stereocenters. The van der Waals surface area contributed by atoms with Gasteiger partial charge >= 0.3 is 0 Å². The molecule has 3 nitrogen and oxygen atoms in total. The van der Waals surface area contributed by atoms with E-state index in [0.717, 1.165) is 25.5 Å². The zero-order valence-corrected chi connectivity index (χ0v) is 7.69. The Morgan fingerprint density at radius 3 is 3.08 bits per heavy atom. The van der Waals surface area contributed by atoms with Gasteiger partial charge in [0.25, 0.3) is 0 Å². The minimum atomic E-state index is 0.655. The normalized spacial score (nSPS) is 22.2. The maximum Gasteiger partial charge on any atom is 0.128 e. The van der Waals surface area contributed by atoms with Gasteiger partial charge in [-0.1, -0.05) is 6.07 Å². The largest absolute Gasteiger partial charge is 0.356 e. The number of hydrogen-bond donors (Lipinski definition) is 1. The Kier molecular flexibility index (Phi) is 2.45. The molecule has 2 rings (SSSR count). The second kappa shape index (κ2) is 3.75. The second-order valence-electron chi connectivity index (χ2n) is 3.52. The van der Waals surface area contributed by atoms with Crippen molar-refractivity contribution in [3.63, 3.8) is 0 Å². The summed E-state index contributed by atoms with van der Waals surface area (Å²) in [5, 5.41) is 0. The predicted octanol–water partition coefficient (Wildman–Crippen LogP) is 0.867. The van der Waals surface area contributed by atoms with E-state index in [9.17, 15) is 0 Å². The quantitative estimate of drug-likeness (QED) is 0.728. The fourth-order valence-electron chi connectivity index (χ4n) is 1.77. The monoisotopic (exact) mass is 177 g/mol. The molecule has 0 radical (unpaired) electrons. The van der Waals surface area contributed by atoms with Crippen molar-refractivity contribution in [2.24, 2.45) is 11.7 Å². The van der Waals surface area contributed by atoms with E-state index >= 15 is 0 Å². The first-order valence-electron chi connectivity index (χ1n) is 4.76. The molecule has 0 unspecified atom stereocenters. The Labute approximate surface area is 78.6 Å². The average Bonchev–Trinajstić information content (AvgIpc) is 2.67. The van der Waals surface area contributed by atoms with Crippen LogP contribution in [0.2, 0.25) is 0 Å². The van der Waals surface area contributed by atoms with Crippen molar-refractivity contribution in [3.8, 4) is 0 Å². The van der Waals surface area contributed by atoms with Crippen LogP contribution in [0.3, 0.4) is 0 Å². The van der Waals surface area contributed by atoms with Gasteiger partial charge in [-0.2, -0.15) is 0 Å². The fourth-order valence-corrected chi connectivity index (χ4v) is 1.77. The van der Waals surface area contributed by atoms with Gasteiger partial charge in [0, 0.05) is 19.3 Å². The summed E-state index contributed by atoms with van der Waals surface area (Å²) in [6.07, 6.45) is 3.04. The maximum absolute atomic E-state index is 5.63. The molecule has 2 heterocycles. The van der Waals surface area contributed by atoms with Gasteiger partial charge in [0.2, 0.25) is 0 Å². The third-order valence-corrected chi connectivity index (χ3v) is 2.59. The highest BCUT2D eigenvalue weighted by molar-refractivity contribution is 5.38. The molecule has 0 spiro atoms. The molecule has 1 saturated heterocycles. The van der Waals surface area contributed by atoms with Crippen LogP contribution in [0.25, 0.3) is 0 Å². The SMILES string of the molecule is NC[C@H]1CCN(c2ccccn2)C1. The molecule has 0 bridgehead atoms. The van der Waals surface area contributed by atoms with Crippen molar-refractivity contribution in [2.75, 3.05) is 24.5 Å². The minimum absolute atomic E-state index is 0.655. The smallest absolute Gasteiger partial charge is 0.128 e. The fraction of sp³-hybridized carbons (Fsp3) is 0.500. The lowest BCUT2D eigenvalue weighted by Crippen LogP contribution is -2.23. The number of nitrogens with two attached hydrogens (primary N) is 1. The van der Waals surface area contributed by atoms with Crippen molar-refractivity contribution >= 4 is 5.82 Å². The van der Waals surface area contributed by atoms with Crippen molar-refractivity contribution in [1.82, 2.24) is 4.98 Å². The lowest BCUT2D eigenvalue weighted by atomic mass is 10.1. The van der Waals surface area contributed by atoms with Gasteiger partial charge in [0.1, 0.15) is 5.82 Å². The van der Waals surface area contributed by atoms with E-state index in [0.29, 0.717) is 5.92 Å². The predicted molar refractivity (Wildman–Crippen MR) is 53.6 cm³/mol. The van der Waals surface area contributed by atoms with Gasteiger partial charge in [-0.3, -0.25) is 0 Å². The maximum atomic E-state index is 5.63. The average molecular weight is 177 g/mol. The molecule has 3 heteroatoms. The van der Waals surface area contributed by atoms with Crippen LogP contribution in [-0.4, -0.2) is 24.6 Å². The van der Waals surface area contributed by atoms with Crippen LogP contribution in [0.1, 0.15) is 6.42 Å². The summed E-state index contributed by atoms with van der Waals surface area (Å²) in [7, 11) is 0. The van der Waals surface area contributed by atoms with E-state index in [1.54, 1.807) is 0 Å². The number of aromatic nitrogens is 1. The Balaban J connectivity index is 2.04. The van der Waals surface area contributed by atoms with Crippen molar-refractivity contribution in [1.29, 1.82) is 0 Å². The molecule has 0 saturated carbocycles. The van der Waals surface area contributed by atoms with E-state index < -0.39 is 0 Å². The summed E-state index contributed by atoms with van der Waals surface area (Å²) < 4.78 is 0. The Morgan fingerprint density at radius 1 is 1.54 bits per heavy atom. The van der Waals surface area contributed by atoms with Crippen LogP contribution in [0, 0.1) is 5.92 Å². The molecule has 2 N–H and O–H groups in total. The van der Waals surface area contributed by atoms with Gasteiger partial charge in [0.05, 0.1) is 0 Å². The zero-order valence-electron chi connectivity index (χ0n) is 7.69. The Morgan fingerprint density at radius 2 is 2.46 bits per heavy atom. The first kappa shape index (κ1) is 8.51. The number of pyridine rings is 1. The summed E-state index contributed by atoms with van der Waals surface area (Å²) in [5.74, 6) is 1.74. The van der Waals surface area contributed by atoms with Crippen LogP contribution in [0.4, 0.5) is 5.82 Å². The van der Waals surface area contributed by atoms with E-state index in [1.807, 2.05) is 18.3 Å². The molecule has 1 aromatic heterocycles. The van der Waals surface area contributed by atoms with Crippen LogP contribution in [0.5, 0.6) is 0 Å². The molecule has 13 heavy (non-hydrogen) atoms. The Hall–Kier alpha value is -1.09. The highest BCUT2D eigenvalue weighted by atomic mass is 15.2. The second-order valence-corrected chi connectivity index (χ2v) is 3.52. The first-order chi connectivity index (χ1) is 6.40. The van der Waals surface area contributed by atoms with Gasteiger partial charge in [0.15, 0.2) is 0 Å². The molecule has 1 aromatic rings. The highest BCUT2D eigenvalue weighted by Gasteiger charge is 2.21. The van der Waals surface area contributed by atoms with Crippen LogP contribution in [0.15, 0.2) is 24.4 Å². The van der Waals surface area contributed by atoms with Gasteiger partial charge < -0.3 is 10.6 Å². The first-order valence-corrected chi connectivity index (χ1v) is 4.76. The third kappa shape index (κ3) is 1.80. The number of hydrogen-bond acceptors (Lipinski definition) is 3. The van der Waals surface area contributed by atoms with Gasteiger partial charge in [-0.15, -0.1) is 0 Å². The molecular formula is C10H15N3. The molecule has 1 fully saturated rings. The molecule has 0 aromatic carbocycles.